The van der Waals surface area contributed by atoms with Crippen molar-refractivity contribution >= 4 is 23.6 Å². The molecule has 2 aliphatic rings. The summed E-state index contributed by atoms with van der Waals surface area (Å²) in [5.41, 5.74) is 0. The van der Waals surface area contributed by atoms with E-state index in [0.29, 0.717) is 25.4 Å². The van der Waals surface area contributed by atoms with Crippen molar-refractivity contribution in [2.45, 2.75) is 24.7 Å². The lowest BCUT2D eigenvalue weighted by molar-refractivity contribution is -0.141. The van der Waals surface area contributed by atoms with Gasteiger partial charge in [0.15, 0.2) is 0 Å². The predicted molar refractivity (Wildman–Crippen MR) is 112 cm³/mol. The molecule has 0 bridgehead atoms. The molecular formula is C21H31N3O3S. The van der Waals surface area contributed by atoms with Crippen molar-refractivity contribution in [1.29, 1.82) is 0 Å². The number of likely N-dealkylation sites (tertiary alicyclic amines) is 1. The number of carbonyl (C=O) groups excluding carboxylic acids is 2. The largest absolute Gasteiger partial charge is 0.494 e. The number of rotatable bonds is 6. The highest BCUT2D eigenvalue weighted by atomic mass is 32.2. The normalized spacial score (nSPS) is 18.9. The molecule has 0 radical (unpaired) electrons. The first kappa shape index (κ1) is 21.0. The number of ether oxygens (including phenoxy) is 1. The molecule has 2 heterocycles. The maximum absolute atomic E-state index is 12.7. The van der Waals surface area contributed by atoms with Gasteiger partial charge in [-0.1, -0.05) is 0 Å². The first-order valence-electron chi connectivity index (χ1n) is 10.2. The minimum atomic E-state index is 0.0752. The molecular weight excluding hydrogens is 374 g/mol. The van der Waals surface area contributed by atoms with E-state index in [0.717, 1.165) is 49.7 Å². The standard InChI is InChI=1S/C21H31N3O3S/c1-3-27-18-4-6-19(7-5-18)28-16-20(25)23-10-8-17(9-11-23)21(26)24-14-12-22(2)13-15-24/h4-7,17H,3,8-16H2,1-2H3. The van der Waals surface area contributed by atoms with Crippen LogP contribution >= 0.6 is 11.8 Å². The number of hydrogen-bond acceptors (Lipinski definition) is 5. The Hall–Kier alpha value is -1.73. The minimum absolute atomic E-state index is 0.0752. The number of piperidine rings is 1. The van der Waals surface area contributed by atoms with Crippen LogP contribution in [0.3, 0.4) is 0 Å². The molecule has 154 valence electrons. The summed E-state index contributed by atoms with van der Waals surface area (Å²) >= 11 is 1.55. The van der Waals surface area contributed by atoms with Gasteiger partial charge in [0.25, 0.3) is 0 Å². The Labute approximate surface area is 172 Å². The molecule has 2 fully saturated rings. The summed E-state index contributed by atoms with van der Waals surface area (Å²) in [5.74, 6) is 1.80. The van der Waals surface area contributed by atoms with Crippen molar-refractivity contribution in [2.24, 2.45) is 5.92 Å². The summed E-state index contributed by atoms with van der Waals surface area (Å²) in [6.07, 6.45) is 1.56. The fourth-order valence-corrected chi connectivity index (χ4v) is 4.50. The van der Waals surface area contributed by atoms with Gasteiger partial charge >= 0.3 is 0 Å². The van der Waals surface area contributed by atoms with Crippen LogP contribution in [0.15, 0.2) is 29.2 Å². The lowest BCUT2D eigenvalue weighted by Crippen LogP contribution is -2.51. The van der Waals surface area contributed by atoms with Crippen LogP contribution < -0.4 is 4.74 Å². The molecule has 7 heteroatoms. The minimum Gasteiger partial charge on any atom is -0.494 e. The second kappa shape index (κ2) is 10.2. The molecule has 0 atom stereocenters. The SMILES string of the molecule is CCOc1ccc(SCC(=O)N2CCC(C(=O)N3CCN(C)CC3)CC2)cc1. The van der Waals surface area contributed by atoms with E-state index in [9.17, 15) is 9.59 Å². The number of likely N-dealkylation sites (N-methyl/N-ethyl adjacent to an activating group) is 1. The zero-order chi connectivity index (χ0) is 19.9. The van der Waals surface area contributed by atoms with Crippen LogP contribution in [0, 0.1) is 5.92 Å². The fraction of sp³-hybridized carbons (Fsp3) is 0.619. The predicted octanol–water partition coefficient (Wildman–Crippen LogP) is 2.19. The Morgan fingerprint density at radius 2 is 1.64 bits per heavy atom. The van der Waals surface area contributed by atoms with E-state index in [4.69, 9.17) is 4.74 Å². The molecule has 2 saturated heterocycles. The van der Waals surface area contributed by atoms with Crippen molar-refractivity contribution in [3.8, 4) is 5.75 Å². The lowest BCUT2D eigenvalue weighted by Gasteiger charge is -2.37. The quantitative estimate of drug-likeness (QED) is 0.679. The summed E-state index contributed by atoms with van der Waals surface area (Å²) in [7, 11) is 2.09. The van der Waals surface area contributed by atoms with Gasteiger partial charge in [-0.25, -0.2) is 0 Å². The maximum atomic E-state index is 12.7. The molecule has 0 N–H and O–H groups in total. The molecule has 0 aromatic heterocycles. The van der Waals surface area contributed by atoms with Gasteiger partial charge in [0, 0.05) is 50.1 Å². The molecule has 1 aromatic rings. The van der Waals surface area contributed by atoms with E-state index in [-0.39, 0.29) is 17.7 Å². The van der Waals surface area contributed by atoms with E-state index in [1.165, 1.54) is 0 Å². The van der Waals surface area contributed by atoms with E-state index >= 15 is 0 Å². The van der Waals surface area contributed by atoms with Gasteiger partial charge in [-0.05, 0) is 51.1 Å². The molecule has 0 unspecified atom stereocenters. The van der Waals surface area contributed by atoms with Gasteiger partial charge < -0.3 is 19.4 Å². The van der Waals surface area contributed by atoms with Crippen molar-refractivity contribution in [2.75, 3.05) is 58.7 Å². The van der Waals surface area contributed by atoms with E-state index in [1.807, 2.05) is 41.0 Å². The van der Waals surface area contributed by atoms with Crippen molar-refractivity contribution in [1.82, 2.24) is 14.7 Å². The van der Waals surface area contributed by atoms with Gasteiger partial charge in [-0.2, -0.15) is 0 Å². The highest BCUT2D eigenvalue weighted by Crippen LogP contribution is 2.24. The average Bonchev–Trinajstić information content (AvgIpc) is 2.73. The number of benzene rings is 1. The summed E-state index contributed by atoms with van der Waals surface area (Å²) < 4.78 is 5.44. The smallest absolute Gasteiger partial charge is 0.232 e. The van der Waals surface area contributed by atoms with Crippen molar-refractivity contribution in [3.63, 3.8) is 0 Å². The molecule has 3 rings (SSSR count). The van der Waals surface area contributed by atoms with Crippen molar-refractivity contribution < 1.29 is 14.3 Å². The first-order chi connectivity index (χ1) is 13.6. The average molecular weight is 406 g/mol. The molecule has 1 aromatic carbocycles. The Morgan fingerprint density at radius 1 is 1.00 bits per heavy atom. The molecule has 6 nitrogen and oxygen atoms in total. The fourth-order valence-electron chi connectivity index (χ4n) is 3.70. The van der Waals surface area contributed by atoms with Crippen LogP contribution in [0.2, 0.25) is 0 Å². The second-order valence-electron chi connectivity index (χ2n) is 7.48. The number of carbonyl (C=O) groups is 2. The Morgan fingerprint density at radius 3 is 2.25 bits per heavy atom. The summed E-state index contributed by atoms with van der Waals surface area (Å²) in [6.45, 7) is 7.54. The summed E-state index contributed by atoms with van der Waals surface area (Å²) in [5, 5.41) is 0. The van der Waals surface area contributed by atoms with E-state index < -0.39 is 0 Å². The van der Waals surface area contributed by atoms with Gasteiger partial charge in [-0.15, -0.1) is 11.8 Å². The number of piperazine rings is 1. The second-order valence-corrected chi connectivity index (χ2v) is 8.53. The van der Waals surface area contributed by atoms with Gasteiger partial charge in [0.05, 0.1) is 12.4 Å². The zero-order valence-electron chi connectivity index (χ0n) is 16.9. The van der Waals surface area contributed by atoms with Crippen molar-refractivity contribution in [3.05, 3.63) is 24.3 Å². The molecule has 0 aliphatic carbocycles. The summed E-state index contributed by atoms with van der Waals surface area (Å²) in [6, 6.07) is 7.85. The topological polar surface area (TPSA) is 53.1 Å². The Bertz CT molecular complexity index is 651. The van der Waals surface area contributed by atoms with Gasteiger partial charge in [0.1, 0.15) is 5.75 Å². The third-order valence-corrected chi connectivity index (χ3v) is 6.51. The highest BCUT2D eigenvalue weighted by molar-refractivity contribution is 8.00. The van der Waals surface area contributed by atoms with Crippen LogP contribution in [0.25, 0.3) is 0 Å². The molecule has 0 spiro atoms. The molecule has 2 amide bonds. The van der Waals surface area contributed by atoms with Gasteiger partial charge in [-0.3, -0.25) is 9.59 Å². The van der Waals surface area contributed by atoms with Crippen LogP contribution in [-0.2, 0) is 9.59 Å². The van der Waals surface area contributed by atoms with Crippen LogP contribution in [-0.4, -0.2) is 85.2 Å². The molecule has 28 heavy (non-hydrogen) atoms. The van der Waals surface area contributed by atoms with Gasteiger partial charge in [0.2, 0.25) is 11.8 Å². The van der Waals surface area contributed by atoms with E-state index in [1.54, 1.807) is 11.8 Å². The third kappa shape index (κ3) is 5.64. The van der Waals surface area contributed by atoms with Crippen LogP contribution in [0.5, 0.6) is 5.75 Å². The third-order valence-electron chi connectivity index (χ3n) is 5.51. The first-order valence-corrected chi connectivity index (χ1v) is 11.2. The maximum Gasteiger partial charge on any atom is 0.232 e. The number of thioether (sulfide) groups is 1. The Kier molecular flexibility index (Phi) is 7.62. The van der Waals surface area contributed by atoms with Crippen LogP contribution in [0.4, 0.5) is 0 Å². The summed E-state index contributed by atoms with van der Waals surface area (Å²) in [4.78, 5) is 32.5. The monoisotopic (exact) mass is 405 g/mol. The molecule has 0 saturated carbocycles. The number of amides is 2. The number of hydrogen-bond donors (Lipinski definition) is 0. The zero-order valence-corrected chi connectivity index (χ0v) is 17.7. The van der Waals surface area contributed by atoms with Crippen LogP contribution in [0.1, 0.15) is 19.8 Å². The number of nitrogens with zero attached hydrogens (tertiary/aromatic N) is 3. The van der Waals surface area contributed by atoms with E-state index in [2.05, 4.69) is 11.9 Å². The lowest BCUT2D eigenvalue weighted by atomic mass is 9.95. The highest BCUT2D eigenvalue weighted by Gasteiger charge is 2.31. The Balaban J connectivity index is 1.40. The molecule has 2 aliphatic heterocycles.